The van der Waals surface area contributed by atoms with Crippen LogP contribution in [-0.2, 0) is 4.79 Å². The van der Waals surface area contributed by atoms with Gasteiger partial charge in [0.05, 0.1) is 6.04 Å². The zero-order valence-corrected chi connectivity index (χ0v) is 10.8. The third-order valence-electron chi connectivity index (χ3n) is 3.53. The lowest BCUT2D eigenvalue weighted by molar-refractivity contribution is -0.119. The summed E-state index contributed by atoms with van der Waals surface area (Å²) in [6.07, 6.45) is 2.10. The zero-order valence-electron chi connectivity index (χ0n) is 10.8. The van der Waals surface area contributed by atoms with Gasteiger partial charge in [0, 0.05) is 24.8 Å². The summed E-state index contributed by atoms with van der Waals surface area (Å²) >= 11 is 0. The van der Waals surface area contributed by atoms with Gasteiger partial charge in [0.15, 0.2) is 0 Å². The molecule has 18 heavy (non-hydrogen) atoms. The first kappa shape index (κ1) is 12.9. The normalized spacial score (nSPS) is 18.6. The average molecular weight is 247 g/mol. The molecule has 0 aliphatic carbocycles. The van der Waals surface area contributed by atoms with Crippen molar-refractivity contribution in [1.29, 1.82) is 0 Å². The van der Waals surface area contributed by atoms with Gasteiger partial charge >= 0.3 is 0 Å². The Morgan fingerprint density at radius 1 is 1.33 bits per heavy atom. The van der Waals surface area contributed by atoms with Gasteiger partial charge in [-0.05, 0) is 31.9 Å². The summed E-state index contributed by atoms with van der Waals surface area (Å²) in [4.78, 5) is 13.4. The molecule has 0 spiro atoms. The van der Waals surface area contributed by atoms with Crippen molar-refractivity contribution in [3.63, 3.8) is 0 Å². The van der Waals surface area contributed by atoms with Crippen molar-refractivity contribution in [3.05, 3.63) is 30.3 Å². The van der Waals surface area contributed by atoms with E-state index in [9.17, 15) is 4.79 Å². The highest BCUT2D eigenvalue weighted by atomic mass is 16.1. The summed E-state index contributed by atoms with van der Waals surface area (Å²) < 4.78 is 0. The third-order valence-corrected chi connectivity index (χ3v) is 3.53. The van der Waals surface area contributed by atoms with Crippen LogP contribution in [0.3, 0.4) is 0 Å². The maximum absolute atomic E-state index is 11.0. The van der Waals surface area contributed by atoms with Crippen LogP contribution in [0.2, 0.25) is 0 Å². The minimum atomic E-state index is -0.277. The molecular weight excluding hydrogens is 226 g/mol. The molecule has 1 amide bonds. The predicted molar refractivity (Wildman–Crippen MR) is 73.5 cm³/mol. The molecule has 1 fully saturated rings. The molecule has 4 heteroatoms. The van der Waals surface area contributed by atoms with E-state index >= 15 is 0 Å². The van der Waals surface area contributed by atoms with E-state index in [4.69, 9.17) is 5.73 Å². The van der Waals surface area contributed by atoms with Crippen molar-refractivity contribution >= 4 is 11.6 Å². The number of piperidine rings is 1. The molecule has 0 saturated carbocycles. The van der Waals surface area contributed by atoms with Crippen molar-refractivity contribution < 1.29 is 4.79 Å². The van der Waals surface area contributed by atoms with Crippen LogP contribution in [0.15, 0.2) is 30.3 Å². The van der Waals surface area contributed by atoms with Crippen molar-refractivity contribution in [2.75, 3.05) is 18.0 Å². The molecule has 1 atom stereocenters. The van der Waals surface area contributed by atoms with Crippen LogP contribution in [0.4, 0.5) is 5.69 Å². The van der Waals surface area contributed by atoms with Crippen molar-refractivity contribution in [2.24, 2.45) is 5.73 Å². The summed E-state index contributed by atoms with van der Waals surface area (Å²) in [5, 5.41) is 3.29. The van der Waals surface area contributed by atoms with Gasteiger partial charge in [-0.15, -0.1) is 0 Å². The van der Waals surface area contributed by atoms with Gasteiger partial charge in [-0.25, -0.2) is 0 Å². The van der Waals surface area contributed by atoms with Crippen LogP contribution >= 0.6 is 0 Å². The fourth-order valence-electron chi connectivity index (χ4n) is 2.38. The molecule has 1 saturated heterocycles. The molecule has 0 radical (unpaired) electrons. The quantitative estimate of drug-likeness (QED) is 0.838. The van der Waals surface area contributed by atoms with Crippen molar-refractivity contribution in [3.8, 4) is 0 Å². The van der Waals surface area contributed by atoms with Crippen LogP contribution in [0.5, 0.6) is 0 Å². The minimum Gasteiger partial charge on any atom is -0.371 e. The molecule has 4 nitrogen and oxygen atoms in total. The van der Waals surface area contributed by atoms with E-state index in [1.54, 1.807) is 0 Å². The number of nitrogens with two attached hydrogens (primary N) is 1. The van der Waals surface area contributed by atoms with Crippen LogP contribution < -0.4 is 16.0 Å². The Kier molecular flexibility index (Phi) is 4.20. The number of rotatable bonds is 4. The SMILES string of the molecule is CC(NC1CCN(c2ccccc2)CC1)C(N)=O. The van der Waals surface area contributed by atoms with Crippen LogP contribution in [0.25, 0.3) is 0 Å². The highest BCUT2D eigenvalue weighted by Crippen LogP contribution is 2.19. The molecule has 0 aromatic heterocycles. The summed E-state index contributed by atoms with van der Waals surface area (Å²) in [5.41, 5.74) is 6.54. The van der Waals surface area contributed by atoms with E-state index in [0.717, 1.165) is 25.9 Å². The first-order valence-corrected chi connectivity index (χ1v) is 6.52. The Labute approximate surface area is 108 Å². The van der Waals surface area contributed by atoms with Gasteiger partial charge in [0.2, 0.25) is 5.91 Å². The van der Waals surface area contributed by atoms with E-state index in [1.165, 1.54) is 5.69 Å². The number of carbonyl (C=O) groups is 1. The number of benzene rings is 1. The summed E-state index contributed by atoms with van der Waals surface area (Å²) in [5.74, 6) is -0.277. The fourth-order valence-corrected chi connectivity index (χ4v) is 2.38. The second-order valence-corrected chi connectivity index (χ2v) is 4.89. The Bertz CT molecular complexity index is 385. The molecule has 1 aromatic rings. The van der Waals surface area contributed by atoms with E-state index in [2.05, 4.69) is 34.5 Å². The summed E-state index contributed by atoms with van der Waals surface area (Å²) in [7, 11) is 0. The number of hydrogen-bond acceptors (Lipinski definition) is 3. The smallest absolute Gasteiger partial charge is 0.234 e. The number of para-hydroxylation sites is 1. The van der Waals surface area contributed by atoms with Crippen LogP contribution in [0.1, 0.15) is 19.8 Å². The molecule has 3 N–H and O–H groups in total. The van der Waals surface area contributed by atoms with E-state index in [1.807, 2.05) is 13.0 Å². The molecule has 1 aromatic carbocycles. The van der Waals surface area contributed by atoms with E-state index < -0.39 is 0 Å². The minimum absolute atomic E-state index is 0.238. The first-order valence-electron chi connectivity index (χ1n) is 6.52. The molecule has 1 aliphatic rings. The largest absolute Gasteiger partial charge is 0.371 e. The second kappa shape index (κ2) is 5.87. The van der Waals surface area contributed by atoms with Crippen molar-refractivity contribution in [2.45, 2.75) is 31.8 Å². The zero-order chi connectivity index (χ0) is 13.0. The molecule has 1 aliphatic heterocycles. The lowest BCUT2D eigenvalue weighted by Crippen LogP contribution is -2.49. The van der Waals surface area contributed by atoms with Gasteiger partial charge < -0.3 is 16.0 Å². The standard InChI is InChI=1S/C14H21N3O/c1-11(14(15)18)16-12-7-9-17(10-8-12)13-5-3-2-4-6-13/h2-6,11-12,16H,7-10H2,1H3,(H2,15,18). The molecule has 1 unspecified atom stereocenters. The highest BCUT2D eigenvalue weighted by Gasteiger charge is 2.21. The number of carbonyl (C=O) groups excluding carboxylic acids is 1. The fraction of sp³-hybridized carbons (Fsp3) is 0.500. The number of primary amides is 1. The first-order chi connectivity index (χ1) is 8.66. The molecule has 98 valence electrons. The number of hydrogen-bond donors (Lipinski definition) is 2. The monoisotopic (exact) mass is 247 g/mol. The molecule has 2 rings (SSSR count). The number of anilines is 1. The highest BCUT2D eigenvalue weighted by molar-refractivity contribution is 5.79. The van der Waals surface area contributed by atoms with Gasteiger partial charge in [0.25, 0.3) is 0 Å². The van der Waals surface area contributed by atoms with Gasteiger partial charge in [-0.1, -0.05) is 18.2 Å². The maximum atomic E-state index is 11.0. The lowest BCUT2D eigenvalue weighted by Gasteiger charge is -2.34. The van der Waals surface area contributed by atoms with E-state index in [-0.39, 0.29) is 11.9 Å². The van der Waals surface area contributed by atoms with Crippen molar-refractivity contribution in [1.82, 2.24) is 5.32 Å². The lowest BCUT2D eigenvalue weighted by atomic mass is 10.0. The Morgan fingerprint density at radius 2 is 1.94 bits per heavy atom. The number of amides is 1. The third kappa shape index (κ3) is 3.23. The summed E-state index contributed by atoms with van der Waals surface area (Å²) in [6.45, 7) is 3.87. The van der Waals surface area contributed by atoms with E-state index in [0.29, 0.717) is 6.04 Å². The predicted octanol–water partition coefficient (Wildman–Crippen LogP) is 1.12. The summed E-state index contributed by atoms with van der Waals surface area (Å²) in [6, 6.07) is 10.6. The number of nitrogens with zero attached hydrogens (tertiary/aromatic N) is 1. The van der Waals surface area contributed by atoms with Crippen LogP contribution in [-0.4, -0.2) is 31.1 Å². The topological polar surface area (TPSA) is 58.4 Å². The average Bonchev–Trinajstić information content (AvgIpc) is 2.40. The molecular formula is C14H21N3O. The second-order valence-electron chi connectivity index (χ2n) is 4.89. The molecule has 0 bridgehead atoms. The van der Waals surface area contributed by atoms with Gasteiger partial charge in [-0.2, -0.15) is 0 Å². The maximum Gasteiger partial charge on any atom is 0.234 e. The Hall–Kier alpha value is -1.55. The van der Waals surface area contributed by atoms with Gasteiger partial charge in [0.1, 0.15) is 0 Å². The number of nitrogens with one attached hydrogen (secondary N) is 1. The Morgan fingerprint density at radius 3 is 2.50 bits per heavy atom. The van der Waals surface area contributed by atoms with Gasteiger partial charge in [-0.3, -0.25) is 4.79 Å². The molecule has 1 heterocycles. The van der Waals surface area contributed by atoms with Crippen LogP contribution in [0, 0.1) is 0 Å². The Balaban J connectivity index is 1.83.